The summed E-state index contributed by atoms with van der Waals surface area (Å²) in [5.41, 5.74) is 9.54. The van der Waals surface area contributed by atoms with Gasteiger partial charge >= 0.3 is 0 Å². The van der Waals surface area contributed by atoms with Gasteiger partial charge in [0.2, 0.25) is 0 Å². The van der Waals surface area contributed by atoms with Crippen LogP contribution in [0.15, 0.2) is 60.8 Å². The summed E-state index contributed by atoms with van der Waals surface area (Å²) in [7, 11) is 0. The molecule has 0 aliphatic rings. The van der Waals surface area contributed by atoms with Crippen LogP contribution in [0, 0.1) is 25.7 Å². The van der Waals surface area contributed by atoms with Crippen molar-refractivity contribution in [2.24, 2.45) is 0 Å². The first-order valence-corrected chi connectivity index (χ1v) is 11.0. The van der Waals surface area contributed by atoms with Gasteiger partial charge in [0, 0.05) is 16.1 Å². The van der Waals surface area contributed by atoms with Gasteiger partial charge in [-0.3, -0.25) is 25.4 Å². The van der Waals surface area contributed by atoms with Crippen molar-refractivity contribution in [1.29, 1.82) is 0 Å². The van der Waals surface area contributed by atoms with Crippen LogP contribution in [0.3, 0.4) is 0 Å². The maximum atomic E-state index is 12.6. The zero-order valence-corrected chi connectivity index (χ0v) is 19.8. The number of aromatic nitrogens is 2. The molecule has 2 amide bonds. The molecule has 0 saturated carbocycles. The van der Waals surface area contributed by atoms with Gasteiger partial charge in [-0.1, -0.05) is 47.3 Å². The topological polar surface area (TPSA) is 84.0 Å². The van der Waals surface area contributed by atoms with Gasteiger partial charge in [-0.05, 0) is 67.3 Å². The molecular formula is C26H18Cl2N4O2. The van der Waals surface area contributed by atoms with E-state index in [9.17, 15) is 9.59 Å². The van der Waals surface area contributed by atoms with Crippen molar-refractivity contribution in [2.45, 2.75) is 13.8 Å². The molecule has 2 N–H and O–H groups in total. The summed E-state index contributed by atoms with van der Waals surface area (Å²) in [5, 5.41) is 0.872. The van der Waals surface area contributed by atoms with Crippen molar-refractivity contribution in [2.75, 3.05) is 0 Å². The third-order valence-corrected chi connectivity index (χ3v) is 5.62. The quantitative estimate of drug-likeness (QED) is 0.306. The van der Waals surface area contributed by atoms with Crippen molar-refractivity contribution in [3.05, 3.63) is 104 Å². The molecule has 6 nitrogen and oxygen atoms in total. The van der Waals surface area contributed by atoms with E-state index in [1.54, 1.807) is 67.7 Å². The second-order valence-corrected chi connectivity index (χ2v) is 8.35. The summed E-state index contributed by atoms with van der Waals surface area (Å²) >= 11 is 12.1. The van der Waals surface area contributed by atoms with Crippen molar-refractivity contribution < 1.29 is 9.59 Å². The first kappa shape index (κ1) is 23.2. The molecule has 0 bridgehead atoms. The molecule has 0 fully saturated rings. The second-order valence-electron chi connectivity index (χ2n) is 7.51. The molecule has 168 valence electrons. The minimum absolute atomic E-state index is 0.303. The number of amides is 2. The van der Waals surface area contributed by atoms with Gasteiger partial charge in [-0.2, -0.15) is 0 Å². The normalized spacial score (nSPS) is 10.4. The Kier molecular flexibility index (Phi) is 6.78. The van der Waals surface area contributed by atoms with E-state index >= 15 is 0 Å². The zero-order valence-electron chi connectivity index (χ0n) is 18.2. The molecule has 4 aromatic rings. The van der Waals surface area contributed by atoms with E-state index in [0.29, 0.717) is 43.5 Å². The first-order valence-electron chi connectivity index (χ1n) is 10.2. The van der Waals surface area contributed by atoms with E-state index in [-0.39, 0.29) is 0 Å². The summed E-state index contributed by atoms with van der Waals surface area (Å²) in [6, 6.07) is 15.5. The largest absolute Gasteiger partial charge is 0.271 e. The molecule has 0 unspecified atom stereocenters. The van der Waals surface area contributed by atoms with Crippen molar-refractivity contribution in [1.82, 2.24) is 20.8 Å². The van der Waals surface area contributed by atoms with Crippen molar-refractivity contribution in [3.63, 3.8) is 0 Å². The highest BCUT2D eigenvalue weighted by Crippen LogP contribution is 2.19. The van der Waals surface area contributed by atoms with Crippen LogP contribution in [0.2, 0.25) is 10.0 Å². The zero-order chi connectivity index (χ0) is 24.2. The number of hydrazine groups is 1. The molecule has 34 heavy (non-hydrogen) atoms. The van der Waals surface area contributed by atoms with Gasteiger partial charge in [-0.15, -0.1) is 0 Å². The standard InChI is InChI=1S/C26H18Cl2N4O2/c1-15-6-7-18(25(33)31-32-26(34)24-16(2)4-3-5-21(24)28)12-17(15)8-10-20-14-29-22-11-9-19(27)13-23(22)30-20/h3-7,9,11-14H,1-2H3,(H,31,33)(H,32,34). The Morgan fingerprint density at radius 2 is 1.65 bits per heavy atom. The molecule has 0 atom stereocenters. The fraction of sp³-hybridized carbons (Fsp3) is 0.0769. The minimum Gasteiger partial charge on any atom is -0.267 e. The van der Waals surface area contributed by atoms with Crippen LogP contribution in [0.25, 0.3) is 11.0 Å². The summed E-state index contributed by atoms with van der Waals surface area (Å²) in [4.78, 5) is 33.9. The predicted octanol–water partition coefficient (Wildman–Crippen LogP) is 5.03. The lowest BCUT2D eigenvalue weighted by Crippen LogP contribution is -2.42. The number of aryl methyl sites for hydroxylation is 2. The fourth-order valence-corrected chi connectivity index (χ4v) is 3.72. The van der Waals surface area contributed by atoms with E-state index < -0.39 is 11.8 Å². The highest BCUT2D eigenvalue weighted by molar-refractivity contribution is 6.34. The summed E-state index contributed by atoms with van der Waals surface area (Å²) in [6.45, 7) is 3.65. The molecule has 8 heteroatoms. The van der Waals surface area contributed by atoms with E-state index in [1.807, 2.05) is 6.92 Å². The molecule has 0 aliphatic heterocycles. The maximum absolute atomic E-state index is 12.6. The number of hydrogen-bond donors (Lipinski definition) is 2. The molecular weight excluding hydrogens is 471 g/mol. The number of hydrogen-bond acceptors (Lipinski definition) is 4. The van der Waals surface area contributed by atoms with Crippen LogP contribution in [-0.4, -0.2) is 21.8 Å². The number of fused-ring (bicyclic) bond motifs is 1. The van der Waals surface area contributed by atoms with Gasteiger partial charge in [-0.25, -0.2) is 4.98 Å². The van der Waals surface area contributed by atoms with E-state index in [2.05, 4.69) is 32.7 Å². The molecule has 0 saturated heterocycles. The van der Waals surface area contributed by atoms with Gasteiger partial charge in [0.1, 0.15) is 5.69 Å². The lowest BCUT2D eigenvalue weighted by molar-refractivity contribution is 0.0846. The smallest absolute Gasteiger partial charge is 0.267 e. The average Bonchev–Trinajstić information content (AvgIpc) is 2.81. The third-order valence-electron chi connectivity index (χ3n) is 5.07. The van der Waals surface area contributed by atoms with Crippen LogP contribution in [0.5, 0.6) is 0 Å². The van der Waals surface area contributed by atoms with Crippen LogP contribution in [0.4, 0.5) is 0 Å². The SMILES string of the molecule is Cc1ccc(C(=O)NNC(=O)c2c(C)cccc2Cl)cc1C#Cc1cnc2ccc(Cl)cc2n1. The number of halogens is 2. The highest BCUT2D eigenvalue weighted by atomic mass is 35.5. The Hall–Kier alpha value is -3.92. The lowest BCUT2D eigenvalue weighted by Gasteiger charge is -2.11. The summed E-state index contributed by atoms with van der Waals surface area (Å²) in [6.07, 6.45) is 1.58. The second kappa shape index (κ2) is 9.92. The Balaban J connectivity index is 1.51. The van der Waals surface area contributed by atoms with E-state index in [4.69, 9.17) is 23.2 Å². The van der Waals surface area contributed by atoms with Gasteiger partial charge in [0.25, 0.3) is 11.8 Å². The van der Waals surface area contributed by atoms with E-state index in [0.717, 1.165) is 11.1 Å². The average molecular weight is 489 g/mol. The van der Waals surface area contributed by atoms with E-state index in [1.165, 1.54) is 0 Å². The minimum atomic E-state index is -0.501. The van der Waals surface area contributed by atoms with Crippen LogP contribution in [-0.2, 0) is 0 Å². The van der Waals surface area contributed by atoms with Gasteiger partial charge < -0.3 is 0 Å². The van der Waals surface area contributed by atoms with Crippen molar-refractivity contribution >= 4 is 46.0 Å². The number of benzene rings is 3. The number of carbonyl (C=O) groups is 2. The fourth-order valence-electron chi connectivity index (χ4n) is 3.24. The molecule has 1 heterocycles. The molecule has 0 radical (unpaired) electrons. The van der Waals surface area contributed by atoms with Crippen LogP contribution in [0.1, 0.15) is 43.1 Å². The van der Waals surface area contributed by atoms with Gasteiger partial charge in [0.15, 0.2) is 0 Å². The summed E-state index contributed by atoms with van der Waals surface area (Å²) in [5.74, 6) is 5.03. The van der Waals surface area contributed by atoms with Crippen LogP contribution >= 0.6 is 23.2 Å². The number of nitrogens with one attached hydrogen (secondary N) is 2. The first-order chi connectivity index (χ1) is 16.3. The third kappa shape index (κ3) is 5.18. The summed E-state index contributed by atoms with van der Waals surface area (Å²) < 4.78 is 0. The predicted molar refractivity (Wildman–Crippen MR) is 133 cm³/mol. The Morgan fingerprint density at radius 3 is 2.44 bits per heavy atom. The number of carbonyl (C=O) groups excluding carboxylic acids is 2. The number of rotatable bonds is 2. The van der Waals surface area contributed by atoms with Gasteiger partial charge in [0.05, 0.1) is 27.8 Å². The lowest BCUT2D eigenvalue weighted by atomic mass is 10.0. The Bertz CT molecular complexity index is 1490. The van der Waals surface area contributed by atoms with Crippen LogP contribution < -0.4 is 10.9 Å². The Labute approximate surface area is 206 Å². The monoisotopic (exact) mass is 488 g/mol. The highest BCUT2D eigenvalue weighted by Gasteiger charge is 2.15. The van der Waals surface area contributed by atoms with Crippen molar-refractivity contribution in [3.8, 4) is 11.8 Å². The Morgan fingerprint density at radius 1 is 0.853 bits per heavy atom. The maximum Gasteiger partial charge on any atom is 0.271 e. The molecule has 0 spiro atoms. The molecule has 0 aliphatic carbocycles. The molecule has 1 aromatic heterocycles. The molecule has 3 aromatic carbocycles. The number of nitrogens with zero attached hydrogens (tertiary/aromatic N) is 2. The molecule has 4 rings (SSSR count).